The van der Waals surface area contributed by atoms with Crippen molar-refractivity contribution in [3.05, 3.63) is 63.7 Å². The van der Waals surface area contributed by atoms with Crippen LogP contribution in [0.3, 0.4) is 0 Å². The maximum Gasteiger partial charge on any atom is 0.263 e. The number of anilines is 1. The molecule has 4 aromatic rings. The summed E-state index contributed by atoms with van der Waals surface area (Å²) in [6, 6.07) is 11.4. The molecule has 170 valence electrons. The second kappa shape index (κ2) is 9.11. The zero-order valence-corrected chi connectivity index (χ0v) is 20.2. The first-order valence-corrected chi connectivity index (χ1v) is 12.4. The van der Waals surface area contributed by atoms with Gasteiger partial charge in [-0.25, -0.2) is 14.6 Å². The fraction of sp³-hybridized carbons (Fsp3) is 0.333. The van der Waals surface area contributed by atoms with Gasteiger partial charge >= 0.3 is 0 Å². The van der Waals surface area contributed by atoms with Gasteiger partial charge in [0.15, 0.2) is 5.65 Å². The number of hydrogen-bond acceptors (Lipinski definition) is 6. The maximum atomic E-state index is 12.9. The number of nitrogens with zero attached hydrogens (tertiary/aromatic N) is 6. The Balaban J connectivity index is 1.50. The molecule has 33 heavy (non-hydrogen) atoms. The lowest BCUT2D eigenvalue weighted by Crippen LogP contribution is -2.35. The number of carbonyl (C=O) groups excluding carboxylic acids is 1. The van der Waals surface area contributed by atoms with Crippen molar-refractivity contribution in [2.45, 2.75) is 26.2 Å². The number of benzene rings is 1. The molecule has 5 rings (SSSR count). The van der Waals surface area contributed by atoms with Gasteiger partial charge in [0.05, 0.1) is 22.1 Å². The first-order chi connectivity index (χ1) is 16.0. The number of aromatic nitrogens is 4. The highest BCUT2D eigenvalue weighted by Gasteiger charge is 2.25. The summed E-state index contributed by atoms with van der Waals surface area (Å²) in [7, 11) is 0. The molecule has 1 aliphatic heterocycles. The van der Waals surface area contributed by atoms with Crippen molar-refractivity contribution in [3.8, 4) is 5.69 Å². The molecule has 0 spiro atoms. The fourth-order valence-electron chi connectivity index (χ4n) is 4.09. The van der Waals surface area contributed by atoms with Crippen molar-refractivity contribution >= 4 is 45.7 Å². The zero-order valence-electron chi connectivity index (χ0n) is 18.6. The molecule has 0 N–H and O–H groups in total. The van der Waals surface area contributed by atoms with Crippen LogP contribution in [0, 0.1) is 0 Å². The van der Waals surface area contributed by atoms with Gasteiger partial charge in [-0.3, -0.25) is 4.79 Å². The van der Waals surface area contributed by atoms with Crippen LogP contribution in [0.2, 0.25) is 5.02 Å². The van der Waals surface area contributed by atoms with Crippen molar-refractivity contribution in [3.63, 3.8) is 0 Å². The molecule has 1 saturated heterocycles. The maximum absolute atomic E-state index is 12.9. The molecule has 3 aromatic heterocycles. The Morgan fingerprint density at radius 2 is 1.97 bits per heavy atom. The summed E-state index contributed by atoms with van der Waals surface area (Å²) in [6.07, 6.45) is 2.71. The zero-order chi connectivity index (χ0) is 22.9. The molecule has 1 fully saturated rings. The molecule has 0 saturated carbocycles. The molecule has 9 heteroatoms. The van der Waals surface area contributed by atoms with E-state index in [1.54, 1.807) is 0 Å². The first kappa shape index (κ1) is 21.9. The molecule has 0 aliphatic carbocycles. The summed E-state index contributed by atoms with van der Waals surface area (Å²) in [4.78, 5) is 27.7. The summed E-state index contributed by atoms with van der Waals surface area (Å²) >= 11 is 7.72. The van der Waals surface area contributed by atoms with Crippen LogP contribution < -0.4 is 4.90 Å². The van der Waals surface area contributed by atoms with E-state index in [1.165, 1.54) is 11.3 Å². The molecule has 0 radical (unpaired) electrons. The van der Waals surface area contributed by atoms with E-state index in [2.05, 4.69) is 23.8 Å². The SMILES string of the molecule is CC(C)c1nc(N2CCCN(C(=O)c3cccs3)CC2)c2cnn(-c3cccc(Cl)c3)c2n1. The van der Waals surface area contributed by atoms with Gasteiger partial charge in [-0.15, -0.1) is 11.3 Å². The highest BCUT2D eigenvalue weighted by atomic mass is 35.5. The van der Waals surface area contributed by atoms with Gasteiger partial charge in [0.2, 0.25) is 0 Å². The molecule has 1 amide bonds. The third-order valence-electron chi connectivity index (χ3n) is 5.81. The van der Waals surface area contributed by atoms with Gasteiger partial charge < -0.3 is 9.80 Å². The second-order valence-corrected chi connectivity index (χ2v) is 9.83. The molecule has 1 aliphatic rings. The van der Waals surface area contributed by atoms with E-state index in [-0.39, 0.29) is 11.8 Å². The Kier molecular flexibility index (Phi) is 6.03. The summed E-state index contributed by atoms with van der Waals surface area (Å²) < 4.78 is 1.82. The molecule has 7 nitrogen and oxygen atoms in total. The standard InChI is InChI=1S/C24H25ClN6OS/c1-16(2)21-27-22(19-15-26-31(23(19)28-21)18-7-3-6-17(25)14-18)29-9-5-10-30(12-11-29)24(32)20-8-4-13-33-20/h3-4,6-8,13-16H,5,9-12H2,1-2H3. The summed E-state index contributed by atoms with van der Waals surface area (Å²) in [6.45, 7) is 7.11. The Morgan fingerprint density at radius 1 is 1.09 bits per heavy atom. The van der Waals surface area contributed by atoms with E-state index in [0.29, 0.717) is 18.1 Å². The topological polar surface area (TPSA) is 67.2 Å². The number of carbonyl (C=O) groups is 1. The van der Waals surface area contributed by atoms with Crippen molar-refractivity contribution in [1.82, 2.24) is 24.6 Å². The lowest BCUT2D eigenvalue weighted by atomic mass is 10.2. The van der Waals surface area contributed by atoms with Crippen molar-refractivity contribution in [1.29, 1.82) is 0 Å². The van der Waals surface area contributed by atoms with Crippen LogP contribution in [0.5, 0.6) is 0 Å². The molecular formula is C24H25ClN6OS. The lowest BCUT2D eigenvalue weighted by molar-refractivity contribution is 0.0772. The molecule has 0 unspecified atom stereocenters. The van der Waals surface area contributed by atoms with Crippen LogP contribution in [0.15, 0.2) is 48.0 Å². The monoisotopic (exact) mass is 480 g/mol. The van der Waals surface area contributed by atoms with Crippen LogP contribution >= 0.6 is 22.9 Å². The Morgan fingerprint density at radius 3 is 2.73 bits per heavy atom. The van der Waals surface area contributed by atoms with E-state index in [4.69, 9.17) is 21.6 Å². The smallest absolute Gasteiger partial charge is 0.263 e. The number of amides is 1. The summed E-state index contributed by atoms with van der Waals surface area (Å²) in [5.74, 6) is 1.93. The largest absolute Gasteiger partial charge is 0.354 e. The van der Waals surface area contributed by atoms with Crippen LogP contribution in [-0.4, -0.2) is 56.7 Å². The Bertz CT molecular complexity index is 1290. The minimum absolute atomic E-state index is 0.108. The van der Waals surface area contributed by atoms with Crippen LogP contribution in [0.4, 0.5) is 5.82 Å². The molecular weight excluding hydrogens is 456 g/mol. The van der Waals surface area contributed by atoms with E-state index in [9.17, 15) is 4.79 Å². The number of rotatable bonds is 4. The van der Waals surface area contributed by atoms with E-state index < -0.39 is 0 Å². The van der Waals surface area contributed by atoms with Gasteiger partial charge in [-0.2, -0.15) is 5.10 Å². The average Bonchev–Trinajstić information content (AvgIpc) is 3.43. The quantitative estimate of drug-likeness (QED) is 0.411. The Labute approximate surface area is 201 Å². The van der Waals surface area contributed by atoms with Gasteiger partial charge in [0.25, 0.3) is 5.91 Å². The second-order valence-electron chi connectivity index (χ2n) is 8.44. The molecule has 0 bridgehead atoms. The van der Waals surface area contributed by atoms with Gasteiger partial charge in [0, 0.05) is 37.1 Å². The van der Waals surface area contributed by atoms with Crippen LogP contribution in [-0.2, 0) is 0 Å². The van der Waals surface area contributed by atoms with Gasteiger partial charge in [0.1, 0.15) is 11.6 Å². The average molecular weight is 481 g/mol. The molecule has 1 aromatic carbocycles. The number of hydrogen-bond donors (Lipinski definition) is 0. The summed E-state index contributed by atoms with van der Waals surface area (Å²) in [5, 5.41) is 8.12. The van der Waals surface area contributed by atoms with Gasteiger partial charge in [-0.1, -0.05) is 37.6 Å². The normalized spacial score (nSPS) is 14.8. The number of fused-ring (bicyclic) bond motifs is 1. The number of halogens is 1. The van der Waals surface area contributed by atoms with E-state index in [0.717, 1.165) is 52.8 Å². The number of thiophene rings is 1. The van der Waals surface area contributed by atoms with Crippen molar-refractivity contribution in [2.75, 3.05) is 31.1 Å². The molecule has 0 atom stereocenters. The third-order valence-corrected chi connectivity index (χ3v) is 6.90. The van der Waals surface area contributed by atoms with Crippen molar-refractivity contribution < 1.29 is 4.79 Å². The lowest BCUT2D eigenvalue weighted by Gasteiger charge is -2.24. The molecule has 4 heterocycles. The van der Waals surface area contributed by atoms with Crippen molar-refractivity contribution in [2.24, 2.45) is 0 Å². The first-order valence-electron chi connectivity index (χ1n) is 11.1. The minimum atomic E-state index is 0.108. The fourth-order valence-corrected chi connectivity index (χ4v) is 4.97. The predicted octanol–water partition coefficient (Wildman–Crippen LogP) is 5.01. The minimum Gasteiger partial charge on any atom is -0.354 e. The van der Waals surface area contributed by atoms with E-state index >= 15 is 0 Å². The van der Waals surface area contributed by atoms with Crippen LogP contribution in [0.25, 0.3) is 16.7 Å². The highest BCUT2D eigenvalue weighted by molar-refractivity contribution is 7.12. The van der Waals surface area contributed by atoms with Crippen LogP contribution in [0.1, 0.15) is 41.7 Å². The summed E-state index contributed by atoms with van der Waals surface area (Å²) in [5.41, 5.74) is 1.63. The third kappa shape index (κ3) is 4.32. The highest BCUT2D eigenvalue weighted by Crippen LogP contribution is 2.29. The van der Waals surface area contributed by atoms with Gasteiger partial charge in [-0.05, 0) is 36.1 Å². The predicted molar refractivity (Wildman–Crippen MR) is 133 cm³/mol. The Hall–Kier alpha value is -2.97. The van der Waals surface area contributed by atoms with E-state index in [1.807, 2.05) is 57.6 Å².